The molecule has 8 nitrogen and oxygen atoms in total. The maximum Gasteiger partial charge on any atom is 0.294 e. The summed E-state index contributed by atoms with van der Waals surface area (Å²) in [6, 6.07) is 24.3. The molecule has 0 atom stereocenters. The highest BCUT2D eigenvalue weighted by atomic mass is 32.2. The van der Waals surface area contributed by atoms with Crippen molar-refractivity contribution in [2.45, 2.75) is 70.1 Å². The molecule has 5 rings (SSSR count). The predicted molar refractivity (Wildman–Crippen MR) is 180 cm³/mol. The number of carbonyl (C=O) groups excluding carboxylic acids is 2. The van der Waals surface area contributed by atoms with Crippen molar-refractivity contribution in [1.29, 1.82) is 0 Å². The molecule has 3 aromatic carbocycles. The summed E-state index contributed by atoms with van der Waals surface area (Å²) < 4.78 is 34.5. The Kier molecular flexibility index (Phi) is 13.1. The highest BCUT2D eigenvalue weighted by Crippen LogP contribution is 2.38. The van der Waals surface area contributed by atoms with Crippen LogP contribution in [0.15, 0.2) is 77.7 Å². The van der Waals surface area contributed by atoms with Crippen molar-refractivity contribution in [3.05, 3.63) is 101 Å². The Morgan fingerprint density at radius 2 is 1.13 bits per heavy atom. The molecule has 46 heavy (non-hydrogen) atoms. The Balaban J connectivity index is 0.000000369. The molecule has 0 spiro atoms. The minimum absolute atomic E-state index is 0.0381. The summed E-state index contributed by atoms with van der Waals surface area (Å²) in [4.78, 5) is 27.5. The van der Waals surface area contributed by atoms with E-state index in [1.807, 2.05) is 6.92 Å². The highest BCUT2D eigenvalue weighted by Gasteiger charge is 2.29. The second kappa shape index (κ2) is 17.0. The number of benzene rings is 3. The molecule has 2 saturated heterocycles. The molecule has 2 aliphatic rings. The number of morpholine rings is 1. The Bertz CT molecular complexity index is 1450. The van der Waals surface area contributed by atoms with Gasteiger partial charge in [0.2, 0.25) is 0 Å². The maximum atomic E-state index is 11.8. The van der Waals surface area contributed by atoms with Crippen molar-refractivity contribution >= 4 is 21.9 Å². The number of carbonyl (C=O) groups is 2. The first-order chi connectivity index (χ1) is 22.0. The van der Waals surface area contributed by atoms with E-state index >= 15 is 0 Å². The zero-order chi connectivity index (χ0) is 33.1. The lowest BCUT2D eigenvalue weighted by atomic mass is 9.76. The van der Waals surface area contributed by atoms with Gasteiger partial charge in [-0.05, 0) is 95.3 Å². The van der Waals surface area contributed by atoms with Crippen LogP contribution in [0.4, 0.5) is 0 Å². The normalized spacial score (nSPS) is 16.4. The molecule has 9 heteroatoms. The fourth-order valence-corrected chi connectivity index (χ4v) is 6.71. The third-order valence-corrected chi connectivity index (χ3v) is 9.82. The number of hydrogen-bond donors (Lipinski definition) is 1. The van der Waals surface area contributed by atoms with Gasteiger partial charge in [0.1, 0.15) is 13.2 Å². The maximum absolute atomic E-state index is 11.8. The van der Waals surface area contributed by atoms with E-state index in [1.165, 1.54) is 58.5 Å². The monoisotopic (exact) mass is 648 g/mol. The Morgan fingerprint density at radius 3 is 1.59 bits per heavy atom. The van der Waals surface area contributed by atoms with E-state index in [0.29, 0.717) is 18.4 Å². The van der Waals surface area contributed by atoms with Crippen LogP contribution in [0.2, 0.25) is 0 Å². The van der Waals surface area contributed by atoms with Gasteiger partial charge in [-0.15, -0.1) is 0 Å². The van der Waals surface area contributed by atoms with Crippen LogP contribution < -0.4 is 0 Å². The van der Waals surface area contributed by atoms with E-state index in [4.69, 9.17) is 9.29 Å². The zero-order valence-electron chi connectivity index (χ0n) is 27.4. The van der Waals surface area contributed by atoms with Gasteiger partial charge in [-0.3, -0.25) is 19.0 Å². The van der Waals surface area contributed by atoms with E-state index < -0.39 is 10.1 Å². The van der Waals surface area contributed by atoms with Crippen molar-refractivity contribution in [2.24, 2.45) is 5.92 Å². The van der Waals surface area contributed by atoms with E-state index in [2.05, 4.69) is 67.3 Å². The van der Waals surface area contributed by atoms with Crippen molar-refractivity contribution < 1.29 is 27.3 Å². The number of imide groups is 1. The molecule has 0 unspecified atom stereocenters. The first-order valence-electron chi connectivity index (χ1n) is 16.3. The summed E-state index contributed by atoms with van der Waals surface area (Å²) in [6.45, 7) is 10.2. The van der Waals surface area contributed by atoms with E-state index in [9.17, 15) is 18.0 Å². The van der Waals surface area contributed by atoms with Crippen LogP contribution in [0.25, 0.3) is 0 Å². The smallest absolute Gasteiger partial charge is 0.294 e. The third kappa shape index (κ3) is 10.6. The topological polar surface area (TPSA) is 104 Å². The molecule has 3 aromatic rings. The summed E-state index contributed by atoms with van der Waals surface area (Å²) in [5.74, 6) is 0.738. The number of unbranched alkanes of at least 4 members (excludes halogenated alkanes) is 3. The highest BCUT2D eigenvalue weighted by molar-refractivity contribution is 7.85. The second-order valence-electron chi connectivity index (χ2n) is 12.6. The van der Waals surface area contributed by atoms with Crippen molar-refractivity contribution in [1.82, 2.24) is 9.80 Å². The molecule has 2 fully saturated rings. The lowest BCUT2D eigenvalue weighted by Gasteiger charge is -2.37. The van der Waals surface area contributed by atoms with E-state index in [-0.39, 0.29) is 29.9 Å². The Labute approximate surface area is 274 Å². The molecule has 0 saturated carbocycles. The summed E-state index contributed by atoms with van der Waals surface area (Å²) in [7, 11) is -4.02. The number of hydrogen-bond acceptors (Lipinski definition) is 6. The third-order valence-electron chi connectivity index (χ3n) is 8.95. The molecule has 2 aliphatic heterocycles. The molecule has 0 radical (unpaired) electrons. The summed E-state index contributed by atoms with van der Waals surface area (Å²) in [5, 5.41) is 0. The van der Waals surface area contributed by atoms with Gasteiger partial charge in [0.25, 0.3) is 21.9 Å². The average molecular weight is 649 g/mol. The summed E-state index contributed by atoms with van der Waals surface area (Å²) in [6.07, 6.45) is 6.71. The van der Waals surface area contributed by atoms with Gasteiger partial charge in [-0.25, -0.2) is 0 Å². The fraction of sp³-hybridized carbons (Fsp3) is 0.459. The lowest BCUT2D eigenvalue weighted by Crippen LogP contribution is -2.46. The van der Waals surface area contributed by atoms with Gasteiger partial charge in [0.15, 0.2) is 0 Å². The molecule has 1 N–H and O–H groups in total. The van der Waals surface area contributed by atoms with Gasteiger partial charge in [0, 0.05) is 12.5 Å². The molecule has 248 valence electrons. The Morgan fingerprint density at radius 1 is 0.696 bits per heavy atom. The fourth-order valence-electron chi connectivity index (χ4n) is 6.23. The standard InChI is InChI=1S/C30H40N2O3.C7H8O3S/c1-23-7-11-25(12-8-23)30(26-13-9-24(2)10-14-26)27-15-19-31(20-16-27)17-5-3-4-6-18-32-28(33)21-35-22-29(32)34;1-6-2-4-7(5-3-6)11(8,9)10/h7-14,27,30H,3-6,15-22H2,1-2H3;2-5H,1H3,(H,8,9,10). The predicted octanol–water partition coefficient (Wildman–Crippen LogP) is 6.33. The minimum atomic E-state index is -4.02. The van der Waals surface area contributed by atoms with E-state index in [1.54, 1.807) is 12.1 Å². The van der Waals surface area contributed by atoms with Crippen molar-refractivity contribution in [3.63, 3.8) is 0 Å². The number of rotatable bonds is 11. The van der Waals surface area contributed by atoms with Gasteiger partial charge in [-0.2, -0.15) is 8.42 Å². The molecular weight excluding hydrogens is 600 g/mol. The van der Waals surface area contributed by atoms with Crippen LogP contribution >= 0.6 is 0 Å². The largest absolute Gasteiger partial charge is 0.362 e. The second-order valence-corrected chi connectivity index (χ2v) is 14.0. The molecule has 2 amide bonds. The van der Waals surface area contributed by atoms with Crippen LogP contribution in [-0.2, 0) is 24.4 Å². The summed E-state index contributed by atoms with van der Waals surface area (Å²) >= 11 is 0. The molecule has 0 bridgehead atoms. The van der Waals surface area contributed by atoms with Crippen LogP contribution in [0, 0.1) is 26.7 Å². The Hall–Kier alpha value is -3.37. The number of piperidine rings is 1. The zero-order valence-corrected chi connectivity index (χ0v) is 28.2. The van der Waals surface area contributed by atoms with Crippen LogP contribution in [-0.4, -0.2) is 74.0 Å². The van der Waals surface area contributed by atoms with Crippen LogP contribution in [0.3, 0.4) is 0 Å². The van der Waals surface area contributed by atoms with Crippen LogP contribution in [0.5, 0.6) is 0 Å². The van der Waals surface area contributed by atoms with Gasteiger partial charge < -0.3 is 9.64 Å². The molecular formula is C37H48N2O6S. The quantitative estimate of drug-likeness (QED) is 0.147. The average Bonchev–Trinajstić information content (AvgIpc) is 3.03. The van der Waals surface area contributed by atoms with Gasteiger partial charge >= 0.3 is 0 Å². The number of likely N-dealkylation sites (tertiary alicyclic amines) is 1. The first-order valence-corrected chi connectivity index (χ1v) is 17.8. The number of nitrogens with zero attached hydrogens (tertiary/aromatic N) is 2. The number of amides is 2. The molecule has 0 aromatic heterocycles. The minimum Gasteiger partial charge on any atom is -0.362 e. The number of ether oxygens (including phenoxy) is 1. The van der Waals surface area contributed by atoms with Crippen LogP contribution in [0.1, 0.15) is 72.3 Å². The SMILES string of the molecule is Cc1ccc(C(c2ccc(C)cc2)C2CCN(CCCCCCN3C(=O)COCC3=O)CC2)cc1.Cc1ccc(S(=O)(=O)O)cc1. The van der Waals surface area contributed by atoms with Crippen molar-refractivity contribution in [3.8, 4) is 0 Å². The number of aryl methyl sites for hydroxylation is 3. The lowest BCUT2D eigenvalue weighted by molar-refractivity contribution is -0.158. The molecule has 0 aliphatic carbocycles. The van der Waals surface area contributed by atoms with E-state index in [0.717, 1.165) is 44.5 Å². The first kappa shape index (κ1) is 35.5. The van der Waals surface area contributed by atoms with Gasteiger partial charge in [-0.1, -0.05) is 90.2 Å². The van der Waals surface area contributed by atoms with Gasteiger partial charge in [0.05, 0.1) is 4.90 Å². The molecule has 2 heterocycles. The van der Waals surface area contributed by atoms with Crippen molar-refractivity contribution in [2.75, 3.05) is 39.4 Å². The summed E-state index contributed by atoms with van der Waals surface area (Å²) in [5.41, 5.74) is 6.46.